The van der Waals surface area contributed by atoms with Crippen molar-refractivity contribution in [1.82, 2.24) is 0 Å². The molecule has 5 heteroatoms. The number of carboxylic acids is 1. The molecule has 0 aromatic heterocycles. The first kappa shape index (κ1) is 14.7. The molecule has 0 aliphatic rings. The molecule has 0 saturated carbocycles. The highest BCUT2D eigenvalue weighted by Gasteiger charge is 2.16. The van der Waals surface area contributed by atoms with Gasteiger partial charge in [-0.25, -0.2) is 4.79 Å². The van der Waals surface area contributed by atoms with Crippen LogP contribution in [0.3, 0.4) is 0 Å². The predicted octanol–water partition coefficient (Wildman–Crippen LogP) is 2.61. The third-order valence-corrected chi connectivity index (χ3v) is 3.30. The number of carbonyl (C=O) groups is 1. The molecule has 0 amide bonds. The van der Waals surface area contributed by atoms with Gasteiger partial charge < -0.3 is 20.5 Å². The van der Waals surface area contributed by atoms with E-state index < -0.39 is 5.97 Å². The van der Waals surface area contributed by atoms with Crippen LogP contribution in [0.2, 0.25) is 0 Å². The molecule has 0 aliphatic carbocycles. The van der Waals surface area contributed by atoms with Crippen LogP contribution >= 0.6 is 0 Å². The quantitative estimate of drug-likeness (QED) is 0.826. The largest absolute Gasteiger partial charge is 0.495 e. The number of para-hydroxylation sites is 2. The Morgan fingerprint density at radius 3 is 2.62 bits per heavy atom. The van der Waals surface area contributed by atoms with E-state index in [1.807, 2.05) is 36.2 Å². The third kappa shape index (κ3) is 3.08. The van der Waals surface area contributed by atoms with Crippen LogP contribution in [0.25, 0.3) is 0 Å². The molecule has 2 rings (SSSR count). The second kappa shape index (κ2) is 6.17. The molecule has 0 unspecified atom stereocenters. The van der Waals surface area contributed by atoms with Gasteiger partial charge in [0.15, 0.2) is 0 Å². The van der Waals surface area contributed by atoms with Crippen LogP contribution in [0.5, 0.6) is 5.75 Å². The van der Waals surface area contributed by atoms with Gasteiger partial charge in [0.1, 0.15) is 5.75 Å². The van der Waals surface area contributed by atoms with Crippen LogP contribution in [0.4, 0.5) is 11.4 Å². The highest BCUT2D eigenvalue weighted by molar-refractivity contribution is 5.95. The first-order valence-corrected chi connectivity index (χ1v) is 6.49. The van der Waals surface area contributed by atoms with Gasteiger partial charge in [-0.3, -0.25) is 0 Å². The van der Waals surface area contributed by atoms with E-state index >= 15 is 0 Å². The Balaban J connectivity index is 2.34. The molecule has 0 spiro atoms. The van der Waals surface area contributed by atoms with Crippen molar-refractivity contribution in [3.05, 3.63) is 53.6 Å². The second-order valence-corrected chi connectivity index (χ2v) is 4.71. The van der Waals surface area contributed by atoms with Crippen molar-refractivity contribution < 1.29 is 14.6 Å². The number of rotatable bonds is 5. The smallest absolute Gasteiger partial charge is 0.338 e. The van der Waals surface area contributed by atoms with Gasteiger partial charge in [0, 0.05) is 19.3 Å². The van der Waals surface area contributed by atoms with E-state index in [1.54, 1.807) is 25.3 Å². The minimum atomic E-state index is -1.02. The van der Waals surface area contributed by atoms with Crippen molar-refractivity contribution in [3.8, 4) is 5.75 Å². The first-order chi connectivity index (χ1) is 10.0. The summed E-state index contributed by atoms with van der Waals surface area (Å²) in [7, 11) is 3.49. The van der Waals surface area contributed by atoms with Gasteiger partial charge in [-0.2, -0.15) is 0 Å². The molecule has 2 aromatic carbocycles. The lowest BCUT2D eigenvalue weighted by molar-refractivity contribution is 0.0697. The lowest BCUT2D eigenvalue weighted by Crippen LogP contribution is -2.19. The summed E-state index contributed by atoms with van der Waals surface area (Å²) in [6, 6.07) is 12.7. The minimum absolute atomic E-state index is 0.152. The van der Waals surface area contributed by atoms with Crippen molar-refractivity contribution in [1.29, 1.82) is 0 Å². The van der Waals surface area contributed by atoms with Gasteiger partial charge in [-0.05, 0) is 23.8 Å². The molecule has 0 heterocycles. The number of carboxylic acid groups (broad SMARTS) is 1. The number of aromatic carboxylic acids is 1. The van der Waals surface area contributed by atoms with Crippen molar-refractivity contribution in [2.45, 2.75) is 6.54 Å². The number of hydrogen-bond acceptors (Lipinski definition) is 4. The Hall–Kier alpha value is -2.69. The topological polar surface area (TPSA) is 75.8 Å². The van der Waals surface area contributed by atoms with E-state index in [0.717, 1.165) is 11.4 Å². The molecule has 0 atom stereocenters. The van der Waals surface area contributed by atoms with Crippen LogP contribution < -0.4 is 15.4 Å². The first-order valence-electron chi connectivity index (χ1n) is 6.49. The fraction of sp³-hybridized carbons (Fsp3) is 0.188. The number of methoxy groups -OCH3 is 1. The van der Waals surface area contributed by atoms with Crippen molar-refractivity contribution in [3.63, 3.8) is 0 Å². The van der Waals surface area contributed by atoms with Crippen LogP contribution in [0, 0.1) is 0 Å². The summed E-state index contributed by atoms with van der Waals surface area (Å²) in [6.45, 7) is 0.424. The maximum absolute atomic E-state index is 11.4. The Labute approximate surface area is 123 Å². The van der Waals surface area contributed by atoms with Crippen molar-refractivity contribution >= 4 is 17.3 Å². The summed E-state index contributed by atoms with van der Waals surface area (Å²) in [5.41, 5.74) is 7.74. The van der Waals surface area contributed by atoms with E-state index in [2.05, 4.69) is 0 Å². The fourth-order valence-electron chi connectivity index (χ4n) is 2.30. The Kier molecular flexibility index (Phi) is 4.33. The van der Waals surface area contributed by atoms with E-state index in [0.29, 0.717) is 12.1 Å². The van der Waals surface area contributed by atoms with E-state index in [9.17, 15) is 9.90 Å². The molecular formula is C16H18N2O3. The summed E-state index contributed by atoms with van der Waals surface area (Å²) in [6.07, 6.45) is 0. The summed E-state index contributed by atoms with van der Waals surface area (Å²) in [5.74, 6) is -0.280. The molecular weight excluding hydrogens is 268 g/mol. The zero-order valence-corrected chi connectivity index (χ0v) is 12.0. The van der Waals surface area contributed by atoms with E-state index in [-0.39, 0.29) is 11.3 Å². The van der Waals surface area contributed by atoms with Crippen LogP contribution in [0.1, 0.15) is 15.9 Å². The average molecular weight is 286 g/mol. The van der Waals surface area contributed by atoms with Gasteiger partial charge >= 0.3 is 5.97 Å². The maximum atomic E-state index is 11.4. The summed E-state index contributed by atoms with van der Waals surface area (Å²) >= 11 is 0. The molecule has 0 fully saturated rings. The van der Waals surface area contributed by atoms with Gasteiger partial charge in [0.25, 0.3) is 0 Å². The molecule has 2 aromatic rings. The van der Waals surface area contributed by atoms with Crippen LogP contribution in [0.15, 0.2) is 42.5 Å². The summed E-state index contributed by atoms with van der Waals surface area (Å²) in [4.78, 5) is 13.3. The van der Waals surface area contributed by atoms with Gasteiger partial charge in [-0.15, -0.1) is 0 Å². The fourth-order valence-corrected chi connectivity index (χ4v) is 2.30. The Bertz CT molecular complexity index is 656. The monoisotopic (exact) mass is 286 g/mol. The minimum Gasteiger partial charge on any atom is -0.495 e. The van der Waals surface area contributed by atoms with Gasteiger partial charge in [0.05, 0.1) is 18.4 Å². The molecule has 110 valence electrons. The zero-order valence-electron chi connectivity index (χ0n) is 12.0. The number of ether oxygens (including phenoxy) is 1. The zero-order chi connectivity index (χ0) is 15.4. The molecule has 0 radical (unpaired) electrons. The molecule has 0 bridgehead atoms. The standard InChI is InChI=1S/C16H18N2O3/c1-18(13-8-3-4-9-14(13)21-2)10-11-6-5-7-12(17)15(11)16(19)20/h3-9H,10,17H2,1-2H3,(H,19,20). The Morgan fingerprint density at radius 2 is 1.95 bits per heavy atom. The lowest BCUT2D eigenvalue weighted by atomic mass is 10.0. The number of nitrogens with two attached hydrogens (primary N) is 1. The molecule has 21 heavy (non-hydrogen) atoms. The Morgan fingerprint density at radius 1 is 1.24 bits per heavy atom. The van der Waals surface area contributed by atoms with Crippen LogP contribution in [-0.4, -0.2) is 25.2 Å². The molecule has 3 N–H and O–H groups in total. The van der Waals surface area contributed by atoms with Gasteiger partial charge in [0.2, 0.25) is 0 Å². The molecule has 0 aliphatic heterocycles. The number of benzene rings is 2. The third-order valence-electron chi connectivity index (χ3n) is 3.30. The highest BCUT2D eigenvalue weighted by Crippen LogP contribution is 2.28. The number of hydrogen-bond donors (Lipinski definition) is 2. The SMILES string of the molecule is COc1ccccc1N(C)Cc1cccc(N)c1C(=O)O. The predicted molar refractivity (Wildman–Crippen MR) is 82.9 cm³/mol. The average Bonchev–Trinajstić information content (AvgIpc) is 2.46. The van der Waals surface area contributed by atoms with Crippen molar-refractivity contribution in [2.75, 3.05) is 24.8 Å². The lowest BCUT2D eigenvalue weighted by Gasteiger charge is -2.22. The maximum Gasteiger partial charge on any atom is 0.338 e. The number of nitrogen functional groups attached to an aromatic ring is 1. The second-order valence-electron chi connectivity index (χ2n) is 4.71. The number of anilines is 2. The van der Waals surface area contributed by atoms with Gasteiger partial charge in [-0.1, -0.05) is 24.3 Å². The summed E-state index contributed by atoms with van der Waals surface area (Å²) < 4.78 is 5.32. The van der Waals surface area contributed by atoms with E-state index in [1.165, 1.54) is 0 Å². The summed E-state index contributed by atoms with van der Waals surface area (Å²) in [5, 5.41) is 9.31. The highest BCUT2D eigenvalue weighted by atomic mass is 16.5. The van der Waals surface area contributed by atoms with Crippen LogP contribution in [-0.2, 0) is 6.54 Å². The van der Waals surface area contributed by atoms with E-state index in [4.69, 9.17) is 10.5 Å². The number of nitrogens with zero attached hydrogens (tertiary/aromatic N) is 1. The van der Waals surface area contributed by atoms with Crippen molar-refractivity contribution in [2.24, 2.45) is 0 Å². The molecule has 0 saturated heterocycles. The molecule has 5 nitrogen and oxygen atoms in total. The normalized spacial score (nSPS) is 10.2.